The van der Waals surface area contributed by atoms with E-state index in [-0.39, 0.29) is 41.4 Å². The summed E-state index contributed by atoms with van der Waals surface area (Å²) in [7, 11) is 0. The Labute approximate surface area is 222 Å². The number of carbonyl (C=O) groups is 4. The molecule has 3 fully saturated rings. The molecule has 0 unspecified atom stereocenters. The van der Waals surface area contributed by atoms with Gasteiger partial charge in [-0.05, 0) is 87.0 Å². The SMILES string of the molecule is CCCCC(=O)OCC(=O)[C@@]1(OC(=O)CCCC)CC[C@H]2[C@@H]3CCC4=CC(=O)CC[C@]4(C)[C@H]3CC[C@@]21C. The normalized spacial score (nSPS) is 36.6. The van der Waals surface area contributed by atoms with Crippen molar-refractivity contribution in [3.05, 3.63) is 11.6 Å². The van der Waals surface area contributed by atoms with Gasteiger partial charge >= 0.3 is 11.9 Å². The van der Waals surface area contributed by atoms with Gasteiger partial charge in [0.05, 0.1) is 0 Å². The standard InChI is InChI=1S/C31H46O6/c1-5-7-9-27(34)36-20-26(33)31(37-28(35)10-8-6-2)18-15-25-23-12-11-21-19-22(32)13-16-29(21,3)24(23)14-17-30(25,31)4/h19,23-25H,5-18,20H2,1-4H3/t23-,24+,25+,29+,30+,31+/m1/s1. The van der Waals surface area contributed by atoms with E-state index in [9.17, 15) is 19.2 Å². The van der Waals surface area contributed by atoms with E-state index in [4.69, 9.17) is 9.47 Å². The second-order valence-electron chi connectivity index (χ2n) is 12.6. The Bertz CT molecular complexity index is 951. The molecule has 0 N–H and O–H groups in total. The summed E-state index contributed by atoms with van der Waals surface area (Å²) in [5.41, 5.74) is -0.359. The van der Waals surface area contributed by atoms with Crippen LogP contribution in [-0.2, 0) is 28.7 Å². The van der Waals surface area contributed by atoms with E-state index in [2.05, 4.69) is 13.8 Å². The summed E-state index contributed by atoms with van der Waals surface area (Å²) in [4.78, 5) is 51.3. The number of ketones is 2. The van der Waals surface area contributed by atoms with Gasteiger partial charge in [-0.2, -0.15) is 0 Å². The van der Waals surface area contributed by atoms with Gasteiger partial charge in [0.2, 0.25) is 5.78 Å². The van der Waals surface area contributed by atoms with E-state index in [0.29, 0.717) is 37.5 Å². The largest absolute Gasteiger partial charge is 0.457 e. The van der Waals surface area contributed by atoms with Gasteiger partial charge in [0.1, 0.15) is 0 Å². The van der Waals surface area contributed by atoms with Crippen molar-refractivity contribution in [3.8, 4) is 0 Å². The molecule has 6 heteroatoms. The highest BCUT2D eigenvalue weighted by atomic mass is 16.6. The molecular formula is C31H46O6. The molecule has 6 atom stereocenters. The van der Waals surface area contributed by atoms with Crippen molar-refractivity contribution < 1.29 is 28.7 Å². The molecule has 0 aromatic rings. The van der Waals surface area contributed by atoms with Crippen molar-refractivity contribution in [2.24, 2.45) is 28.6 Å². The van der Waals surface area contributed by atoms with Crippen LogP contribution in [0.2, 0.25) is 0 Å². The van der Waals surface area contributed by atoms with Crippen molar-refractivity contribution in [2.45, 2.75) is 123 Å². The zero-order valence-electron chi connectivity index (χ0n) is 23.4. The molecule has 0 aromatic carbocycles. The highest BCUT2D eigenvalue weighted by Gasteiger charge is 2.68. The number of unbranched alkanes of at least 4 members (excludes halogenated alkanes) is 2. The zero-order chi connectivity index (χ0) is 26.8. The van der Waals surface area contributed by atoms with E-state index in [1.165, 1.54) is 5.57 Å². The molecule has 206 valence electrons. The molecule has 4 rings (SSSR count). The first kappa shape index (κ1) is 28.0. The molecular weight excluding hydrogens is 468 g/mol. The van der Waals surface area contributed by atoms with Crippen LogP contribution in [0.25, 0.3) is 0 Å². The monoisotopic (exact) mass is 514 g/mol. The van der Waals surface area contributed by atoms with Gasteiger partial charge in [-0.3, -0.25) is 19.2 Å². The molecule has 0 spiro atoms. The van der Waals surface area contributed by atoms with E-state index in [1.54, 1.807) is 0 Å². The van der Waals surface area contributed by atoms with E-state index >= 15 is 0 Å². The fourth-order valence-electron chi connectivity index (χ4n) is 8.46. The minimum atomic E-state index is -1.24. The van der Waals surface area contributed by atoms with Crippen LogP contribution >= 0.6 is 0 Å². The first-order valence-corrected chi connectivity index (χ1v) is 14.8. The van der Waals surface area contributed by atoms with Crippen molar-refractivity contribution in [1.29, 1.82) is 0 Å². The van der Waals surface area contributed by atoms with E-state index in [0.717, 1.165) is 64.2 Å². The number of esters is 2. The summed E-state index contributed by atoms with van der Waals surface area (Å²) in [5.74, 6) is 0.500. The molecule has 6 nitrogen and oxygen atoms in total. The number of rotatable bonds is 10. The lowest BCUT2D eigenvalue weighted by Gasteiger charge is -2.59. The number of ether oxygens (including phenoxy) is 2. The number of hydrogen-bond acceptors (Lipinski definition) is 6. The Kier molecular flexibility index (Phi) is 8.35. The third-order valence-corrected chi connectivity index (χ3v) is 10.7. The maximum atomic E-state index is 13.9. The number of Topliss-reactive ketones (excluding diaryl/α,β-unsaturated/α-hetero) is 1. The second-order valence-corrected chi connectivity index (χ2v) is 12.6. The molecule has 37 heavy (non-hydrogen) atoms. The topological polar surface area (TPSA) is 86.7 Å². The Hall–Kier alpha value is -1.98. The highest BCUT2D eigenvalue weighted by molar-refractivity contribution is 5.93. The molecule has 3 saturated carbocycles. The fourth-order valence-corrected chi connectivity index (χ4v) is 8.46. The molecule has 0 aliphatic heterocycles. The molecule has 0 radical (unpaired) electrons. The van der Waals surface area contributed by atoms with Gasteiger partial charge in [0.15, 0.2) is 18.0 Å². The first-order valence-electron chi connectivity index (χ1n) is 14.8. The van der Waals surface area contributed by atoms with Crippen LogP contribution in [0.15, 0.2) is 11.6 Å². The minimum absolute atomic E-state index is 0.0417. The second kappa shape index (κ2) is 11.0. The van der Waals surface area contributed by atoms with Crippen molar-refractivity contribution in [3.63, 3.8) is 0 Å². The van der Waals surface area contributed by atoms with Crippen LogP contribution < -0.4 is 0 Å². The lowest BCUT2D eigenvalue weighted by Crippen LogP contribution is -2.60. The van der Waals surface area contributed by atoms with Crippen LogP contribution in [0.5, 0.6) is 0 Å². The summed E-state index contributed by atoms with van der Waals surface area (Å²) >= 11 is 0. The Morgan fingerprint density at radius 2 is 1.57 bits per heavy atom. The summed E-state index contributed by atoms with van der Waals surface area (Å²) in [6, 6.07) is 0. The predicted molar refractivity (Wildman–Crippen MR) is 141 cm³/mol. The third-order valence-electron chi connectivity index (χ3n) is 10.7. The van der Waals surface area contributed by atoms with Crippen molar-refractivity contribution in [1.82, 2.24) is 0 Å². The van der Waals surface area contributed by atoms with E-state index in [1.807, 2.05) is 19.9 Å². The molecule has 0 heterocycles. The molecule has 0 saturated heterocycles. The van der Waals surface area contributed by atoms with Crippen molar-refractivity contribution in [2.75, 3.05) is 6.61 Å². The average molecular weight is 515 g/mol. The summed E-state index contributed by atoms with van der Waals surface area (Å²) in [6.45, 7) is 8.21. The van der Waals surface area contributed by atoms with Crippen LogP contribution in [0, 0.1) is 28.6 Å². The van der Waals surface area contributed by atoms with Crippen LogP contribution in [0.3, 0.4) is 0 Å². The van der Waals surface area contributed by atoms with Gasteiger partial charge in [0.25, 0.3) is 0 Å². The Morgan fingerprint density at radius 1 is 0.892 bits per heavy atom. The lowest BCUT2D eigenvalue weighted by atomic mass is 9.46. The third kappa shape index (κ3) is 4.94. The first-order chi connectivity index (χ1) is 17.6. The molecule has 0 aromatic heterocycles. The molecule has 0 amide bonds. The quantitative estimate of drug-likeness (QED) is 0.318. The smallest absolute Gasteiger partial charge is 0.306 e. The molecule has 4 aliphatic carbocycles. The Balaban J connectivity index is 1.60. The number of allylic oxidation sites excluding steroid dienone is 1. The summed E-state index contributed by atoms with van der Waals surface area (Å²) in [5, 5.41) is 0. The van der Waals surface area contributed by atoms with Gasteiger partial charge in [0, 0.05) is 24.7 Å². The highest BCUT2D eigenvalue weighted by Crippen LogP contribution is 2.68. The maximum Gasteiger partial charge on any atom is 0.306 e. The zero-order valence-corrected chi connectivity index (χ0v) is 23.4. The molecule has 0 bridgehead atoms. The lowest BCUT2D eigenvalue weighted by molar-refractivity contribution is -0.192. The number of carbonyl (C=O) groups excluding carboxylic acids is 4. The van der Waals surface area contributed by atoms with Gasteiger partial charge in [-0.1, -0.05) is 46.1 Å². The van der Waals surface area contributed by atoms with Gasteiger partial charge in [-0.25, -0.2) is 0 Å². The summed E-state index contributed by atoms with van der Waals surface area (Å²) < 4.78 is 11.7. The average Bonchev–Trinajstić information content (AvgIpc) is 3.18. The molecule has 4 aliphatic rings. The maximum absolute atomic E-state index is 13.9. The van der Waals surface area contributed by atoms with Crippen molar-refractivity contribution >= 4 is 23.5 Å². The van der Waals surface area contributed by atoms with Gasteiger partial charge in [-0.15, -0.1) is 0 Å². The van der Waals surface area contributed by atoms with Crippen LogP contribution in [-0.4, -0.2) is 35.7 Å². The number of hydrogen-bond donors (Lipinski definition) is 0. The van der Waals surface area contributed by atoms with Crippen LogP contribution in [0.4, 0.5) is 0 Å². The number of fused-ring (bicyclic) bond motifs is 5. The fraction of sp³-hybridized carbons (Fsp3) is 0.806. The van der Waals surface area contributed by atoms with Gasteiger partial charge < -0.3 is 9.47 Å². The summed E-state index contributed by atoms with van der Waals surface area (Å²) in [6.07, 6.45) is 12.3. The Morgan fingerprint density at radius 3 is 2.27 bits per heavy atom. The van der Waals surface area contributed by atoms with Crippen LogP contribution in [0.1, 0.15) is 118 Å². The predicted octanol–water partition coefficient (Wildman–Crippen LogP) is 6.29. The minimum Gasteiger partial charge on any atom is -0.457 e. The van der Waals surface area contributed by atoms with E-state index < -0.39 is 11.0 Å².